The van der Waals surface area contributed by atoms with Crippen LogP contribution < -0.4 is 4.74 Å². The smallest absolute Gasteiger partial charge is 0.229 e. The van der Waals surface area contributed by atoms with Crippen LogP contribution in [0.4, 0.5) is 0 Å². The number of aliphatic hydroxyl groups is 1. The summed E-state index contributed by atoms with van der Waals surface area (Å²) in [5, 5.41) is 11.6. The van der Waals surface area contributed by atoms with Crippen molar-refractivity contribution in [1.29, 1.82) is 0 Å². The minimum Gasteiger partial charge on any atom is -0.496 e. The molecule has 1 aliphatic carbocycles. The Hall–Kier alpha value is -1.85. The lowest BCUT2D eigenvalue weighted by Crippen LogP contribution is -2.46. The monoisotopic (exact) mass is 317 g/mol. The van der Waals surface area contributed by atoms with Gasteiger partial charge in [-0.05, 0) is 32.8 Å². The molecule has 2 aromatic rings. The molecule has 1 aliphatic rings. The Bertz CT molecular complexity index is 745. The number of hydrogen-bond acceptors (Lipinski definition) is 5. The third kappa shape index (κ3) is 2.44. The van der Waals surface area contributed by atoms with Crippen molar-refractivity contribution < 1.29 is 19.0 Å². The first-order valence-corrected chi connectivity index (χ1v) is 7.84. The second-order valence-electron chi connectivity index (χ2n) is 6.25. The number of methoxy groups -OCH3 is 2. The fourth-order valence-electron chi connectivity index (χ4n) is 3.39. The normalized spacial score (nSPS) is 23.6. The average Bonchev–Trinajstić information content (AvgIpc) is 3.00. The van der Waals surface area contributed by atoms with Crippen molar-refractivity contribution >= 4 is 11.1 Å². The Morgan fingerprint density at radius 2 is 2.26 bits per heavy atom. The highest BCUT2D eigenvalue weighted by molar-refractivity contribution is 5.83. The largest absolute Gasteiger partial charge is 0.496 e. The van der Waals surface area contributed by atoms with E-state index in [-0.39, 0.29) is 0 Å². The summed E-state index contributed by atoms with van der Waals surface area (Å²) in [7, 11) is 3.27. The minimum absolute atomic E-state index is 0.508. The summed E-state index contributed by atoms with van der Waals surface area (Å²) in [5.74, 6) is 0.768. The summed E-state index contributed by atoms with van der Waals surface area (Å²) in [6, 6.07) is 1.86. The van der Waals surface area contributed by atoms with E-state index in [2.05, 4.69) is 11.1 Å². The minimum atomic E-state index is -0.876. The number of hydrogen-bond donors (Lipinski definition) is 1. The first kappa shape index (κ1) is 16.0. The van der Waals surface area contributed by atoms with Gasteiger partial charge in [0.15, 0.2) is 0 Å². The predicted octanol–water partition coefficient (Wildman–Crippen LogP) is 3.34. The predicted molar refractivity (Wildman–Crippen MR) is 87.6 cm³/mol. The number of ether oxygens (including phenoxy) is 2. The van der Waals surface area contributed by atoms with Crippen LogP contribution in [0.15, 0.2) is 28.4 Å². The second kappa shape index (κ2) is 5.98. The van der Waals surface area contributed by atoms with Crippen molar-refractivity contribution in [3.8, 4) is 5.75 Å². The van der Waals surface area contributed by atoms with Crippen LogP contribution in [0.2, 0.25) is 0 Å². The van der Waals surface area contributed by atoms with Gasteiger partial charge in [0.1, 0.15) is 11.4 Å². The van der Waals surface area contributed by atoms with Gasteiger partial charge in [-0.2, -0.15) is 0 Å². The Morgan fingerprint density at radius 1 is 1.48 bits per heavy atom. The number of allylic oxidation sites excluding steroid dienone is 1. The molecule has 0 amide bonds. The molecule has 2 atom stereocenters. The molecule has 124 valence electrons. The fourth-order valence-corrected chi connectivity index (χ4v) is 3.39. The molecule has 0 saturated carbocycles. The summed E-state index contributed by atoms with van der Waals surface area (Å²) in [6.07, 6.45) is 4.92. The highest BCUT2D eigenvalue weighted by Crippen LogP contribution is 2.45. The lowest BCUT2D eigenvalue weighted by Gasteiger charge is -2.40. The van der Waals surface area contributed by atoms with Gasteiger partial charge in [-0.25, -0.2) is 4.98 Å². The van der Waals surface area contributed by atoms with E-state index in [0.717, 1.165) is 22.4 Å². The lowest BCUT2D eigenvalue weighted by molar-refractivity contribution is -0.118. The van der Waals surface area contributed by atoms with Crippen LogP contribution in [-0.2, 0) is 16.8 Å². The molecule has 0 bridgehead atoms. The van der Waals surface area contributed by atoms with Crippen LogP contribution in [0.3, 0.4) is 0 Å². The van der Waals surface area contributed by atoms with E-state index >= 15 is 0 Å². The topological polar surface area (TPSA) is 64.7 Å². The van der Waals surface area contributed by atoms with Crippen molar-refractivity contribution in [1.82, 2.24) is 4.98 Å². The van der Waals surface area contributed by atoms with Gasteiger partial charge in [0.05, 0.1) is 30.6 Å². The van der Waals surface area contributed by atoms with Crippen LogP contribution in [0.5, 0.6) is 5.75 Å². The summed E-state index contributed by atoms with van der Waals surface area (Å²) < 4.78 is 17.0. The molecule has 23 heavy (non-hydrogen) atoms. The summed E-state index contributed by atoms with van der Waals surface area (Å²) in [6.45, 7) is 4.06. The molecular formula is C18H23NO4. The molecule has 5 nitrogen and oxygen atoms in total. The van der Waals surface area contributed by atoms with Crippen LogP contribution in [0.1, 0.15) is 37.9 Å². The van der Waals surface area contributed by atoms with Gasteiger partial charge in [0.25, 0.3) is 0 Å². The van der Waals surface area contributed by atoms with Crippen molar-refractivity contribution in [2.24, 2.45) is 0 Å². The van der Waals surface area contributed by atoms with Gasteiger partial charge in [0, 0.05) is 19.1 Å². The van der Waals surface area contributed by atoms with Gasteiger partial charge in [-0.3, -0.25) is 0 Å². The number of nitrogens with zero attached hydrogens (tertiary/aromatic N) is 1. The number of furan rings is 1. The van der Waals surface area contributed by atoms with E-state index in [9.17, 15) is 5.11 Å². The van der Waals surface area contributed by atoms with Crippen LogP contribution >= 0.6 is 0 Å². The molecule has 3 rings (SSSR count). The molecule has 2 heterocycles. The van der Waals surface area contributed by atoms with Crippen molar-refractivity contribution in [2.45, 2.75) is 44.8 Å². The zero-order valence-corrected chi connectivity index (χ0v) is 14.0. The maximum absolute atomic E-state index is 10.7. The van der Waals surface area contributed by atoms with Crippen molar-refractivity contribution in [3.05, 3.63) is 35.2 Å². The Balaban J connectivity index is 2.26. The fraction of sp³-hybridized carbons (Fsp3) is 0.500. The molecule has 2 aromatic heterocycles. The Labute approximate surface area is 135 Å². The first-order chi connectivity index (χ1) is 11.0. The third-order valence-electron chi connectivity index (χ3n) is 4.65. The summed E-state index contributed by atoms with van der Waals surface area (Å²) in [4.78, 5) is 4.68. The van der Waals surface area contributed by atoms with E-state index in [1.807, 2.05) is 19.9 Å². The number of pyridine rings is 1. The molecule has 0 saturated heterocycles. The second-order valence-corrected chi connectivity index (χ2v) is 6.25. The quantitative estimate of drug-likeness (QED) is 0.876. The average molecular weight is 317 g/mol. The standard InChI is InChI=1S/C18H23NO4/c1-11(2)7-9-18(22-4)14(20)6-5-12-15(21-3)13-8-10-23-17(13)19-16(12)18/h7-8,10,14,20H,5-6,9H2,1-4H3/t14-,18-/m1/s1. The number of aliphatic hydroxyl groups excluding tert-OH is 1. The SMILES string of the molecule is COc1c2c(nc3occc13)[C@](CC=C(C)C)(OC)[C@H](O)CC2. The highest BCUT2D eigenvalue weighted by atomic mass is 16.5. The van der Waals surface area contributed by atoms with Gasteiger partial charge >= 0.3 is 0 Å². The van der Waals surface area contributed by atoms with Crippen LogP contribution in [0, 0.1) is 0 Å². The molecule has 5 heteroatoms. The molecule has 1 N–H and O–H groups in total. The van der Waals surface area contributed by atoms with Crippen LogP contribution in [0.25, 0.3) is 11.1 Å². The lowest BCUT2D eigenvalue weighted by atomic mass is 9.77. The van der Waals surface area contributed by atoms with E-state index < -0.39 is 11.7 Å². The molecule has 0 spiro atoms. The van der Waals surface area contributed by atoms with Gasteiger partial charge in [-0.15, -0.1) is 0 Å². The third-order valence-corrected chi connectivity index (χ3v) is 4.65. The Morgan fingerprint density at radius 3 is 2.91 bits per heavy atom. The highest BCUT2D eigenvalue weighted by Gasteiger charge is 2.46. The van der Waals surface area contributed by atoms with Crippen molar-refractivity contribution in [2.75, 3.05) is 14.2 Å². The van der Waals surface area contributed by atoms with E-state index in [4.69, 9.17) is 13.9 Å². The van der Waals surface area contributed by atoms with Gasteiger partial charge in [-0.1, -0.05) is 11.6 Å². The maximum atomic E-state index is 10.7. The van der Waals surface area contributed by atoms with E-state index in [0.29, 0.717) is 25.0 Å². The molecule has 0 aromatic carbocycles. The molecule has 0 aliphatic heterocycles. The van der Waals surface area contributed by atoms with Gasteiger partial charge in [0.2, 0.25) is 5.71 Å². The number of aromatic nitrogens is 1. The molecule has 0 radical (unpaired) electrons. The molecule has 0 fully saturated rings. The number of fused-ring (bicyclic) bond motifs is 2. The Kier molecular flexibility index (Phi) is 4.17. The van der Waals surface area contributed by atoms with E-state index in [1.165, 1.54) is 5.57 Å². The van der Waals surface area contributed by atoms with Crippen molar-refractivity contribution in [3.63, 3.8) is 0 Å². The summed E-state index contributed by atoms with van der Waals surface area (Å²) >= 11 is 0. The summed E-state index contributed by atoms with van der Waals surface area (Å²) in [5.41, 5.74) is 2.52. The maximum Gasteiger partial charge on any atom is 0.229 e. The van der Waals surface area contributed by atoms with Crippen LogP contribution in [-0.4, -0.2) is 30.4 Å². The number of rotatable bonds is 4. The van der Waals surface area contributed by atoms with E-state index in [1.54, 1.807) is 20.5 Å². The first-order valence-electron chi connectivity index (χ1n) is 7.84. The van der Waals surface area contributed by atoms with Gasteiger partial charge < -0.3 is 19.0 Å². The zero-order valence-electron chi connectivity index (χ0n) is 14.0. The zero-order chi connectivity index (χ0) is 16.6. The molecular weight excluding hydrogens is 294 g/mol. The molecule has 0 unspecified atom stereocenters.